The summed E-state index contributed by atoms with van der Waals surface area (Å²) in [5.74, 6) is 1.27. The Labute approximate surface area is 128 Å². The van der Waals surface area contributed by atoms with Gasteiger partial charge in [0, 0.05) is 18.2 Å². The van der Waals surface area contributed by atoms with Gasteiger partial charge in [0.25, 0.3) is 0 Å². The molecule has 0 aliphatic carbocycles. The highest BCUT2D eigenvalue weighted by Crippen LogP contribution is 2.24. The smallest absolute Gasteiger partial charge is 0.245 e. The molecule has 0 amide bonds. The summed E-state index contributed by atoms with van der Waals surface area (Å²) < 4.78 is 18.4. The first-order chi connectivity index (χ1) is 10.2. The molecular formula is C14H19N3O3S. The predicted octanol–water partition coefficient (Wildman–Crippen LogP) is 1.64. The predicted molar refractivity (Wildman–Crippen MR) is 80.8 cm³/mol. The van der Waals surface area contributed by atoms with Gasteiger partial charge >= 0.3 is 0 Å². The van der Waals surface area contributed by atoms with Gasteiger partial charge in [0.15, 0.2) is 0 Å². The Balaban J connectivity index is 1.78. The molecule has 2 rings (SSSR count). The molecule has 1 aromatic carbocycles. The molecule has 0 bridgehead atoms. The van der Waals surface area contributed by atoms with Crippen LogP contribution in [0.3, 0.4) is 0 Å². The first kappa shape index (κ1) is 15.7. The number of methoxy groups -OCH3 is 1. The molecular weight excluding hydrogens is 290 g/mol. The van der Waals surface area contributed by atoms with Crippen LogP contribution >= 0.6 is 11.7 Å². The Hall–Kier alpha value is -1.70. The second-order valence-electron chi connectivity index (χ2n) is 4.58. The van der Waals surface area contributed by atoms with Crippen LogP contribution < -0.4 is 14.8 Å². The highest BCUT2D eigenvalue weighted by Gasteiger charge is 2.13. The van der Waals surface area contributed by atoms with Gasteiger partial charge in [-0.2, -0.15) is 4.37 Å². The van der Waals surface area contributed by atoms with E-state index in [1.165, 1.54) is 6.20 Å². The molecule has 0 saturated heterocycles. The summed E-state index contributed by atoms with van der Waals surface area (Å²) in [6.45, 7) is 2.61. The van der Waals surface area contributed by atoms with E-state index >= 15 is 0 Å². The van der Waals surface area contributed by atoms with Gasteiger partial charge in [0.2, 0.25) is 5.88 Å². The van der Waals surface area contributed by atoms with E-state index in [-0.39, 0.29) is 12.6 Å². The molecule has 2 atom stereocenters. The highest BCUT2D eigenvalue weighted by atomic mass is 32.1. The van der Waals surface area contributed by atoms with Crippen LogP contribution in [0.4, 0.5) is 0 Å². The molecule has 1 heterocycles. The van der Waals surface area contributed by atoms with Gasteiger partial charge in [0.1, 0.15) is 24.7 Å². The molecule has 114 valence electrons. The molecule has 0 fully saturated rings. The number of aliphatic hydroxyl groups excluding tert-OH is 1. The fourth-order valence-corrected chi connectivity index (χ4v) is 2.27. The molecule has 0 aliphatic heterocycles. The molecule has 2 N–H and O–H groups in total. The van der Waals surface area contributed by atoms with Crippen LogP contribution in [0.1, 0.15) is 18.5 Å². The minimum atomic E-state index is -0.621. The highest BCUT2D eigenvalue weighted by molar-refractivity contribution is 6.99. The number of para-hydroxylation sites is 1. The Morgan fingerprint density at radius 3 is 2.90 bits per heavy atom. The van der Waals surface area contributed by atoms with Crippen LogP contribution in [0, 0.1) is 0 Å². The molecule has 2 aromatic rings. The number of aromatic nitrogens is 2. The average Bonchev–Trinajstić information content (AvgIpc) is 3.04. The maximum absolute atomic E-state index is 9.91. The lowest BCUT2D eigenvalue weighted by molar-refractivity contribution is 0.102. The Morgan fingerprint density at radius 2 is 2.19 bits per heavy atom. The monoisotopic (exact) mass is 309 g/mol. The van der Waals surface area contributed by atoms with Crippen molar-refractivity contribution in [1.29, 1.82) is 0 Å². The second-order valence-corrected chi connectivity index (χ2v) is 5.14. The summed E-state index contributed by atoms with van der Waals surface area (Å²) in [5, 5.41) is 13.2. The van der Waals surface area contributed by atoms with E-state index in [0.717, 1.165) is 23.0 Å². The topological polar surface area (TPSA) is 76.5 Å². The SMILES string of the molecule is COc1ccccc1[C@H](C)NCC(O)COc1cnsn1. The fraction of sp³-hybridized carbons (Fsp3) is 0.429. The molecule has 1 unspecified atom stereocenters. The van der Waals surface area contributed by atoms with Crippen molar-refractivity contribution in [2.45, 2.75) is 19.1 Å². The number of nitrogens with one attached hydrogen (secondary N) is 1. The van der Waals surface area contributed by atoms with Gasteiger partial charge in [-0.1, -0.05) is 18.2 Å². The van der Waals surface area contributed by atoms with Crippen molar-refractivity contribution in [3.8, 4) is 11.6 Å². The van der Waals surface area contributed by atoms with Crippen LogP contribution in [0.2, 0.25) is 0 Å². The van der Waals surface area contributed by atoms with Crippen LogP contribution in [-0.2, 0) is 0 Å². The number of ether oxygens (including phenoxy) is 2. The Bertz CT molecular complexity index is 536. The Morgan fingerprint density at radius 1 is 1.38 bits per heavy atom. The van der Waals surface area contributed by atoms with Gasteiger partial charge < -0.3 is 19.9 Å². The minimum Gasteiger partial charge on any atom is -0.496 e. The lowest BCUT2D eigenvalue weighted by Gasteiger charge is -2.19. The summed E-state index contributed by atoms with van der Waals surface area (Å²) in [5.41, 5.74) is 1.05. The fourth-order valence-electron chi connectivity index (χ4n) is 1.91. The maximum Gasteiger partial charge on any atom is 0.245 e. The van der Waals surface area contributed by atoms with Crippen LogP contribution in [0.15, 0.2) is 30.5 Å². The molecule has 0 aliphatic rings. The molecule has 21 heavy (non-hydrogen) atoms. The van der Waals surface area contributed by atoms with E-state index in [2.05, 4.69) is 14.1 Å². The molecule has 0 spiro atoms. The lowest BCUT2D eigenvalue weighted by atomic mass is 10.1. The zero-order chi connectivity index (χ0) is 15.1. The minimum absolute atomic E-state index is 0.0664. The summed E-state index contributed by atoms with van der Waals surface area (Å²) in [4.78, 5) is 0. The third kappa shape index (κ3) is 4.66. The summed E-state index contributed by atoms with van der Waals surface area (Å²) in [6, 6.07) is 7.88. The van der Waals surface area contributed by atoms with Crippen LogP contribution in [-0.4, -0.2) is 40.2 Å². The van der Waals surface area contributed by atoms with E-state index in [4.69, 9.17) is 9.47 Å². The number of benzene rings is 1. The maximum atomic E-state index is 9.91. The number of nitrogens with zero attached hydrogens (tertiary/aromatic N) is 2. The second kappa shape index (κ2) is 7.92. The largest absolute Gasteiger partial charge is 0.496 e. The van der Waals surface area contributed by atoms with Crippen molar-refractivity contribution in [2.24, 2.45) is 0 Å². The van der Waals surface area contributed by atoms with E-state index in [1.807, 2.05) is 31.2 Å². The third-order valence-electron chi connectivity index (χ3n) is 3.03. The lowest BCUT2D eigenvalue weighted by Crippen LogP contribution is -2.33. The van der Waals surface area contributed by atoms with Gasteiger partial charge in [0.05, 0.1) is 18.8 Å². The molecule has 6 nitrogen and oxygen atoms in total. The number of aliphatic hydroxyl groups is 1. The standard InChI is InChI=1S/C14H19N3O3S/c1-10(12-5-3-4-6-13(12)19-2)15-7-11(18)9-20-14-8-16-21-17-14/h3-6,8,10-11,15,18H,7,9H2,1-2H3/t10-,11?/m0/s1. The molecule has 0 radical (unpaired) electrons. The van der Waals surface area contributed by atoms with Crippen LogP contribution in [0.5, 0.6) is 11.6 Å². The summed E-state index contributed by atoms with van der Waals surface area (Å²) in [6.07, 6.45) is 0.909. The first-order valence-electron chi connectivity index (χ1n) is 6.65. The van der Waals surface area contributed by atoms with Crippen molar-refractivity contribution in [3.05, 3.63) is 36.0 Å². The third-order valence-corrected chi connectivity index (χ3v) is 3.49. The molecule has 7 heteroatoms. The van der Waals surface area contributed by atoms with Crippen molar-refractivity contribution >= 4 is 11.7 Å². The zero-order valence-corrected chi connectivity index (χ0v) is 12.8. The van der Waals surface area contributed by atoms with E-state index in [1.54, 1.807) is 7.11 Å². The molecule has 1 aromatic heterocycles. The Kier molecular flexibility index (Phi) is 5.91. The summed E-state index contributed by atoms with van der Waals surface area (Å²) >= 11 is 1.07. The zero-order valence-electron chi connectivity index (χ0n) is 12.0. The van der Waals surface area contributed by atoms with Crippen molar-refractivity contribution in [2.75, 3.05) is 20.3 Å². The quantitative estimate of drug-likeness (QED) is 0.772. The van der Waals surface area contributed by atoms with Crippen molar-refractivity contribution in [3.63, 3.8) is 0 Å². The van der Waals surface area contributed by atoms with E-state index in [0.29, 0.717) is 12.4 Å². The number of rotatable bonds is 8. The van der Waals surface area contributed by atoms with Gasteiger partial charge in [-0.15, -0.1) is 4.37 Å². The summed E-state index contributed by atoms with van der Waals surface area (Å²) in [7, 11) is 1.65. The van der Waals surface area contributed by atoms with Gasteiger partial charge in [-0.05, 0) is 13.0 Å². The number of hydrogen-bond acceptors (Lipinski definition) is 7. The average molecular weight is 309 g/mol. The van der Waals surface area contributed by atoms with Gasteiger partial charge in [-0.25, -0.2) is 0 Å². The van der Waals surface area contributed by atoms with E-state index < -0.39 is 6.10 Å². The van der Waals surface area contributed by atoms with E-state index in [9.17, 15) is 5.11 Å². The van der Waals surface area contributed by atoms with Crippen molar-refractivity contribution in [1.82, 2.24) is 14.1 Å². The molecule has 0 saturated carbocycles. The van der Waals surface area contributed by atoms with Crippen molar-refractivity contribution < 1.29 is 14.6 Å². The number of hydrogen-bond donors (Lipinski definition) is 2. The van der Waals surface area contributed by atoms with Crippen LogP contribution in [0.25, 0.3) is 0 Å². The normalized spacial score (nSPS) is 13.7. The van der Waals surface area contributed by atoms with Gasteiger partial charge in [-0.3, -0.25) is 0 Å². The first-order valence-corrected chi connectivity index (χ1v) is 7.38.